The van der Waals surface area contributed by atoms with Crippen LogP contribution in [-0.4, -0.2) is 26.2 Å². The summed E-state index contributed by atoms with van der Waals surface area (Å²) >= 11 is 0. The smallest absolute Gasteiger partial charge is 0.129 e. The fraction of sp³-hybridized carbons (Fsp3) is 0.400. The molecule has 2 heterocycles. The number of fused-ring (bicyclic) bond motifs is 2. The van der Waals surface area contributed by atoms with Crippen LogP contribution in [0.4, 0.5) is 11.4 Å². The summed E-state index contributed by atoms with van der Waals surface area (Å²) in [7, 11) is 0. The molecule has 0 radical (unpaired) electrons. The van der Waals surface area contributed by atoms with E-state index in [2.05, 4.69) is 60.0 Å². The van der Waals surface area contributed by atoms with Crippen LogP contribution in [0.15, 0.2) is 36.4 Å². The summed E-state index contributed by atoms with van der Waals surface area (Å²) in [6.07, 6.45) is 2.29. The van der Waals surface area contributed by atoms with E-state index in [4.69, 9.17) is 4.74 Å². The molecule has 0 bridgehead atoms. The van der Waals surface area contributed by atoms with Gasteiger partial charge < -0.3 is 14.5 Å². The van der Waals surface area contributed by atoms with Crippen LogP contribution >= 0.6 is 0 Å². The zero-order chi connectivity index (χ0) is 15.8. The molecule has 0 atom stereocenters. The molecule has 0 aromatic heterocycles. The minimum atomic E-state index is 0.935. The van der Waals surface area contributed by atoms with Crippen LogP contribution in [0, 0.1) is 0 Å². The van der Waals surface area contributed by atoms with Gasteiger partial charge in [-0.2, -0.15) is 0 Å². The van der Waals surface area contributed by atoms with Crippen LogP contribution in [-0.2, 0) is 12.8 Å². The SMILES string of the molecule is CCN1CCc2ccc(Oc3ccc4c(c3)N(CC)CC4)cc21. The van der Waals surface area contributed by atoms with Crippen molar-refractivity contribution in [3.63, 3.8) is 0 Å². The van der Waals surface area contributed by atoms with E-state index >= 15 is 0 Å². The van der Waals surface area contributed by atoms with Crippen molar-refractivity contribution in [3.05, 3.63) is 47.5 Å². The molecule has 0 saturated heterocycles. The molecule has 2 aromatic rings. The summed E-state index contributed by atoms with van der Waals surface area (Å²) in [5.74, 6) is 1.87. The van der Waals surface area contributed by atoms with E-state index in [0.29, 0.717) is 0 Å². The van der Waals surface area contributed by atoms with Gasteiger partial charge in [0.15, 0.2) is 0 Å². The monoisotopic (exact) mass is 308 g/mol. The lowest BCUT2D eigenvalue weighted by Crippen LogP contribution is -2.19. The van der Waals surface area contributed by atoms with Crippen molar-refractivity contribution in [3.8, 4) is 11.5 Å². The molecule has 2 aliphatic rings. The number of likely N-dealkylation sites (N-methyl/N-ethyl adjacent to an activating group) is 2. The summed E-state index contributed by atoms with van der Waals surface area (Å²) in [5.41, 5.74) is 5.54. The number of anilines is 2. The van der Waals surface area contributed by atoms with E-state index in [-0.39, 0.29) is 0 Å². The third-order valence-corrected chi connectivity index (χ3v) is 5.10. The van der Waals surface area contributed by atoms with Crippen LogP contribution < -0.4 is 14.5 Å². The van der Waals surface area contributed by atoms with Crippen LogP contribution in [0.3, 0.4) is 0 Å². The standard InChI is InChI=1S/C20H24N2O/c1-3-21-11-9-15-5-7-17(13-19(15)21)23-18-8-6-16-10-12-22(4-2)20(16)14-18/h5-8,13-14H,3-4,9-12H2,1-2H3. The Balaban J connectivity index is 1.60. The molecule has 0 aliphatic carbocycles. The molecular weight excluding hydrogens is 284 g/mol. The average Bonchev–Trinajstić information content (AvgIpc) is 3.17. The minimum Gasteiger partial charge on any atom is -0.457 e. The predicted octanol–water partition coefficient (Wildman–Crippen LogP) is 4.24. The zero-order valence-corrected chi connectivity index (χ0v) is 14.0. The van der Waals surface area contributed by atoms with Crippen LogP contribution in [0.25, 0.3) is 0 Å². The number of hydrogen-bond acceptors (Lipinski definition) is 3. The van der Waals surface area contributed by atoms with E-state index in [1.165, 1.54) is 22.5 Å². The summed E-state index contributed by atoms with van der Waals surface area (Å²) < 4.78 is 6.16. The van der Waals surface area contributed by atoms with Gasteiger partial charge in [-0.05, 0) is 49.9 Å². The van der Waals surface area contributed by atoms with Gasteiger partial charge in [0.2, 0.25) is 0 Å². The molecule has 2 aromatic carbocycles. The maximum absolute atomic E-state index is 6.16. The molecule has 4 rings (SSSR count). The maximum atomic E-state index is 6.16. The Hall–Kier alpha value is -2.16. The minimum absolute atomic E-state index is 0.935. The molecule has 0 spiro atoms. The fourth-order valence-corrected chi connectivity index (χ4v) is 3.77. The third-order valence-electron chi connectivity index (χ3n) is 5.10. The van der Waals surface area contributed by atoms with E-state index < -0.39 is 0 Å². The largest absolute Gasteiger partial charge is 0.457 e. The van der Waals surface area contributed by atoms with Gasteiger partial charge in [0.25, 0.3) is 0 Å². The number of ether oxygens (including phenoxy) is 1. The molecule has 120 valence electrons. The fourth-order valence-electron chi connectivity index (χ4n) is 3.77. The zero-order valence-electron chi connectivity index (χ0n) is 14.0. The van der Waals surface area contributed by atoms with Gasteiger partial charge in [-0.1, -0.05) is 12.1 Å². The lowest BCUT2D eigenvalue weighted by molar-refractivity contribution is 0.482. The van der Waals surface area contributed by atoms with E-state index in [9.17, 15) is 0 Å². The highest BCUT2D eigenvalue weighted by Gasteiger charge is 2.20. The Morgan fingerprint density at radius 2 is 1.26 bits per heavy atom. The van der Waals surface area contributed by atoms with Crippen molar-refractivity contribution in [2.24, 2.45) is 0 Å². The first kappa shape index (κ1) is 14.4. The molecule has 2 aliphatic heterocycles. The van der Waals surface area contributed by atoms with Gasteiger partial charge in [0.1, 0.15) is 11.5 Å². The van der Waals surface area contributed by atoms with E-state index in [1.807, 2.05) is 0 Å². The normalized spacial score (nSPS) is 15.7. The second-order valence-electron chi connectivity index (χ2n) is 6.34. The lowest BCUT2D eigenvalue weighted by atomic mass is 10.1. The number of nitrogens with zero attached hydrogens (tertiary/aromatic N) is 2. The Labute approximate surface area is 138 Å². The molecule has 0 saturated carbocycles. The average molecular weight is 308 g/mol. The van der Waals surface area contributed by atoms with Gasteiger partial charge in [0, 0.05) is 49.7 Å². The summed E-state index contributed by atoms with van der Waals surface area (Å²) in [4.78, 5) is 4.84. The molecule has 0 amide bonds. The van der Waals surface area contributed by atoms with Crippen molar-refractivity contribution >= 4 is 11.4 Å². The van der Waals surface area contributed by atoms with Gasteiger partial charge in [-0.25, -0.2) is 0 Å². The quantitative estimate of drug-likeness (QED) is 0.840. The summed E-state index contributed by atoms with van der Waals surface area (Å²) in [5, 5.41) is 0. The Kier molecular flexibility index (Phi) is 3.64. The highest BCUT2D eigenvalue weighted by molar-refractivity contribution is 5.63. The maximum Gasteiger partial charge on any atom is 0.129 e. The molecule has 3 heteroatoms. The molecule has 3 nitrogen and oxygen atoms in total. The first-order valence-electron chi connectivity index (χ1n) is 8.72. The number of rotatable bonds is 4. The first-order valence-corrected chi connectivity index (χ1v) is 8.72. The van der Waals surface area contributed by atoms with Crippen molar-refractivity contribution in [2.45, 2.75) is 26.7 Å². The molecule has 23 heavy (non-hydrogen) atoms. The van der Waals surface area contributed by atoms with Gasteiger partial charge >= 0.3 is 0 Å². The summed E-state index contributed by atoms with van der Waals surface area (Å²) in [6, 6.07) is 13.0. The Bertz CT molecular complexity index is 664. The highest BCUT2D eigenvalue weighted by Crippen LogP contribution is 2.36. The Morgan fingerprint density at radius 3 is 1.70 bits per heavy atom. The van der Waals surface area contributed by atoms with Crippen molar-refractivity contribution in [1.29, 1.82) is 0 Å². The number of benzene rings is 2. The lowest BCUT2D eigenvalue weighted by Gasteiger charge is -2.19. The topological polar surface area (TPSA) is 15.7 Å². The van der Waals surface area contributed by atoms with E-state index in [1.54, 1.807) is 0 Å². The molecule has 0 unspecified atom stereocenters. The van der Waals surface area contributed by atoms with Crippen LogP contribution in [0.5, 0.6) is 11.5 Å². The molecule has 0 fully saturated rings. The Morgan fingerprint density at radius 1 is 0.783 bits per heavy atom. The van der Waals surface area contributed by atoms with Crippen molar-refractivity contribution in [2.75, 3.05) is 36.0 Å². The van der Waals surface area contributed by atoms with Crippen LogP contribution in [0.1, 0.15) is 25.0 Å². The van der Waals surface area contributed by atoms with E-state index in [0.717, 1.165) is 50.5 Å². The highest BCUT2D eigenvalue weighted by atomic mass is 16.5. The van der Waals surface area contributed by atoms with Crippen LogP contribution in [0.2, 0.25) is 0 Å². The second kappa shape index (κ2) is 5.80. The first-order chi connectivity index (χ1) is 11.3. The second-order valence-corrected chi connectivity index (χ2v) is 6.34. The van der Waals surface area contributed by atoms with Gasteiger partial charge in [-0.3, -0.25) is 0 Å². The molecular formula is C20H24N2O. The van der Waals surface area contributed by atoms with Crippen molar-refractivity contribution in [1.82, 2.24) is 0 Å². The number of hydrogen-bond donors (Lipinski definition) is 0. The van der Waals surface area contributed by atoms with Gasteiger partial charge in [-0.15, -0.1) is 0 Å². The summed E-state index contributed by atoms with van der Waals surface area (Å²) in [6.45, 7) is 8.78. The molecule has 0 N–H and O–H groups in total. The predicted molar refractivity (Wildman–Crippen MR) is 96.1 cm³/mol. The van der Waals surface area contributed by atoms with Gasteiger partial charge in [0.05, 0.1) is 0 Å². The third kappa shape index (κ3) is 2.54. The van der Waals surface area contributed by atoms with Crippen molar-refractivity contribution < 1.29 is 4.74 Å².